The summed E-state index contributed by atoms with van der Waals surface area (Å²) in [6.07, 6.45) is 3.53. The van der Waals surface area contributed by atoms with E-state index in [4.69, 9.17) is 9.52 Å². The van der Waals surface area contributed by atoms with Crippen LogP contribution in [0.25, 0.3) is 6.08 Å². The average Bonchev–Trinajstić information content (AvgIpc) is 2.77. The Hall–Kier alpha value is -1.56. The van der Waals surface area contributed by atoms with E-state index in [1.54, 1.807) is 12.1 Å². The van der Waals surface area contributed by atoms with Gasteiger partial charge >= 0.3 is 5.97 Å². The highest BCUT2D eigenvalue weighted by Gasteiger charge is 2.19. The Balaban J connectivity index is 2.76. The van der Waals surface area contributed by atoms with Gasteiger partial charge in [-0.2, -0.15) is 0 Å². The zero-order valence-corrected chi connectivity index (χ0v) is 12.4. The van der Waals surface area contributed by atoms with E-state index in [1.807, 2.05) is 13.8 Å². The van der Waals surface area contributed by atoms with Gasteiger partial charge in [0, 0.05) is 12.1 Å². The third-order valence-electron chi connectivity index (χ3n) is 2.70. The monoisotopic (exact) mass is 329 g/mol. The van der Waals surface area contributed by atoms with Crippen molar-refractivity contribution < 1.29 is 19.1 Å². The molecular formula is C13H16BrNO4. The summed E-state index contributed by atoms with van der Waals surface area (Å²) < 4.78 is 5.80. The number of rotatable bonds is 6. The second-order valence-electron chi connectivity index (χ2n) is 4.09. The molecule has 1 rings (SSSR count). The van der Waals surface area contributed by atoms with Gasteiger partial charge in [-0.3, -0.25) is 9.59 Å². The number of halogens is 1. The maximum atomic E-state index is 12.0. The summed E-state index contributed by atoms with van der Waals surface area (Å²) in [5.41, 5.74) is 0. The molecule has 0 aromatic carbocycles. The number of amides is 1. The molecule has 1 atom stereocenters. The van der Waals surface area contributed by atoms with Crippen LogP contribution in [-0.2, 0) is 9.59 Å². The highest BCUT2D eigenvalue weighted by molar-refractivity contribution is 9.10. The van der Waals surface area contributed by atoms with Crippen molar-refractivity contribution in [3.8, 4) is 0 Å². The smallest absolute Gasteiger partial charge is 0.323 e. The van der Waals surface area contributed by atoms with Crippen LogP contribution in [0, 0.1) is 0 Å². The molecule has 5 nitrogen and oxygen atoms in total. The molecule has 0 aliphatic rings. The van der Waals surface area contributed by atoms with Crippen molar-refractivity contribution in [3.05, 3.63) is 28.6 Å². The van der Waals surface area contributed by atoms with Crippen LogP contribution in [0.3, 0.4) is 0 Å². The Morgan fingerprint density at radius 1 is 1.53 bits per heavy atom. The maximum absolute atomic E-state index is 12.0. The fraction of sp³-hybridized carbons (Fsp3) is 0.385. The zero-order valence-electron chi connectivity index (χ0n) is 10.8. The summed E-state index contributed by atoms with van der Waals surface area (Å²) in [6, 6.07) is 3.29. The fourth-order valence-electron chi connectivity index (χ4n) is 1.48. The summed E-state index contributed by atoms with van der Waals surface area (Å²) >= 11 is 3.16. The van der Waals surface area contributed by atoms with Crippen molar-refractivity contribution in [1.29, 1.82) is 0 Å². The first-order valence-corrected chi connectivity index (χ1v) is 6.69. The lowest BCUT2D eigenvalue weighted by atomic mass is 10.2. The number of carboxylic acids is 1. The van der Waals surface area contributed by atoms with Crippen LogP contribution in [0.1, 0.15) is 26.0 Å². The number of aliphatic carboxylic acids is 1. The third kappa shape index (κ3) is 4.90. The van der Waals surface area contributed by atoms with Crippen molar-refractivity contribution >= 4 is 33.9 Å². The molecule has 0 aliphatic carbocycles. The maximum Gasteiger partial charge on any atom is 0.323 e. The van der Waals surface area contributed by atoms with Gasteiger partial charge in [0.1, 0.15) is 12.3 Å². The predicted molar refractivity (Wildman–Crippen MR) is 74.5 cm³/mol. The Morgan fingerprint density at radius 3 is 2.68 bits per heavy atom. The normalized spacial score (nSPS) is 12.6. The molecule has 0 saturated heterocycles. The number of nitrogens with zero attached hydrogens (tertiary/aromatic N) is 1. The minimum absolute atomic E-state index is 0.128. The van der Waals surface area contributed by atoms with Crippen molar-refractivity contribution in [2.45, 2.75) is 26.3 Å². The first kappa shape index (κ1) is 15.5. The van der Waals surface area contributed by atoms with Crippen LogP contribution in [0.15, 0.2) is 27.3 Å². The summed E-state index contributed by atoms with van der Waals surface area (Å²) in [5.74, 6) is -0.841. The highest BCUT2D eigenvalue weighted by atomic mass is 79.9. The molecule has 19 heavy (non-hydrogen) atoms. The van der Waals surface area contributed by atoms with Crippen LogP contribution in [0.4, 0.5) is 0 Å². The summed E-state index contributed by atoms with van der Waals surface area (Å²) in [4.78, 5) is 24.1. The average molecular weight is 330 g/mol. The van der Waals surface area contributed by atoms with E-state index in [9.17, 15) is 9.59 Å². The molecule has 1 N–H and O–H groups in total. The van der Waals surface area contributed by atoms with E-state index in [1.165, 1.54) is 17.1 Å². The molecule has 0 bridgehead atoms. The largest absolute Gasteiger partial charge is 0.480 e. The van der Waals surface area contributed by atoms with Crippen molar-refractivity contribution in [1.82, 2.24) is 4.90 Å². The van der Waals surface area contributed by atoms with E-state index >= 15 is 0 Å². The molecular weight excluding hydrogens is 314 g/mol. The second-order valence-corrected chi connectivity index (χ2v) is 4.87. The van der Waals surface area contributed by atoms with E-state index in [0.29, 0.717) is 16.9 Å². The number of carbonyl (C=O) groups is 2. The van der Waals surface area contributed by atoms with Crippen molar-refractivity contribution in [2.24, 2.45) is 0 Å². The third-order valence-corrected chi connectivity index (χ3v) is 3.12. The summed E-state index contributed by atoms with van der Waals surface area (Å²) in [7, 11) is 0. The standard InChI is InChI=1S/C13H16BrNO4/c1-3-9(2)15(8-13(17)18)12(16)7-5-10-4-6-11(14)19-10/h4-7,9H,3,8H2,1-2H3,(H,17,18)/b7-5+. The number of hydrogen-bond acceptors (Lipinski definition) is 3. The van der Waals surface area contributed by atoms with E-state index in [-0.39, 0.29) is 18.5 Å². The van der Waals surface area contributed by atoms with Gasteiger partial charge in [-0.1, -0.05) is 6.92 Å². The summed E-state index contributed by atoms with van der Waals surface area (Å²) in [6.45, 7) is 3.42. The Labute approximate surface area is 120 Å². The minimum Gasteiger partial charge on any atom is -0.480 e. The Morgan fingerprint density at radius 2 is 2.21 bits per heavy atom. The van der Waals surface area contributed by atoms with Gasteiger partial charge in [-0.05, 0) is 47.5 Å². The molecule has 0 radical (unpaired) electrons. The molecule has 104 valence electrons. The first-order chi connectivity index (χ1) is 8.93. The lowest BCUT2D eigenvalue weighted by molar-refractivity contribution is -0.144. The predicted octanol–water partition coefficient (Wildman–Crippen LogP) is 2.77. The SMILES string of the molecule is CCC(C)N(CC(=O)O)C(=O)/C=C/c1ccc(Br)o1. The molecule has 1 heterocycles. The minimum atomic E-state index is -1.03. The number of carboxylic acid groups (broad SMARTS) is 1. The zero-order chi connectivity index (χ0) is 14.4. The first-order valence-electron chi connectivity index (χ1n) is 5.89. The molecule has 1 aromatic heterocycles. The summed E-state index contributed by atoms with van der Waals surface area (Å²) in [5, 5.41) is 8.82. The van der Waals surface area contributed by atoms with Crippen molar-refractivity contribution in [3.63, 3.8) is 0 Å². The van der Waals surface area contributed by atoms with Gasteiger partial charge in [-0.15, -0.1) is 0 Å². The van der Waals surface area contributed by atoms with Gasteiger partial charge < -0.3 is 14.4 Å². The fourth-order valence-corrected chi connectivity index (χ4v) is 1.80. The number of furan rings is 1. The molecule has 1 aromatic rings. The van der Waals surface area contributed by atoms with Crippen LogP contribution < -0.4 is 0 Å². The van der Waals surface area contributed by atoms with Crippen LogP contribution in [-0.4, -0.2) is 34.5 Å². The second kappa shape index (κ2) is 7.13. The van der Waals surface area contributed by atoms with Gasteiger partial charge in [-0.25, -0.2) is 0 Å². The van der Waals surface area contributed by atoms with Crippen molar-refractivity contribution in [2.75, 3.05) is 6.54 Å². The van der Waals surface area contributed by atoms with Crippen LogP contribution in [0.2, 0.25) is 0 Å². The van der Waals surface area contributed by atoms with Crippen LogP contribution in [0.5, 0.6) is 0 Å². The van der Waals surface area contributed by atoms with Crippen LogP contribution >= 0.6 is 15.9 Å². The molecule has 0 spiro atoms. The molecule has 6 heteroatoms. The Kier molecular flexibility index (Phi) is 5.82. The quantitative estimate of drug-likeness (QED) is 0.814. The lowest BCUT2D eigenvalue weighted by Gasteiger charge is -2.25. The van der Waals surface area contributed by atoms with Gasteiger partial charge in [0.05, 0.1) is 0 Å². The molecule has 0 fully saturated rings. The molecule has 1 amide bonds. The van der Waals surface area contributed by atoms with E-state index in [2.05, 4.69) is 15.9 Å². The van der Waals surface area contributed by atoms with Gasteiger partial charge in [0.2, 0.25) is 5.91 Å². The topological polar surface area (TPSA) is 70.8 Å². The highest BCUT2D eigenvalue weighted by Crippen LogP contribution is 2.15. The number of carbonyl (C=O) groups excluding carboxylic acids is 1. The Bertz CT molecular complexity index is 481. The van der Waals surface area contributed by atoms with Gasteiger partial charge in [0.25, 0.3) is 0 Å². The van der Waals surface area contributed by atoms with E-state index in [0.717, 1.165) is 0 Å². The molecule has 0 saturated carbocycles. The molecule has 0 aliphatic heterocycles. The van der Waals surface area contributed by atoms with E-state index < -0.39 is 5.97 Å². The molecule has 1 unspecified atom stereocenters. The lowest BCUT2D eigenvalue weighted by Crippen LogP contribution is -2.40. The number of hydrogen-bond donors (Lipinski definition) is 1. The van der Waals surface area contributed by atoms with Gasteiger partial charge in [0.15, 0.2) is 4.67 Å².